The van der Waals surface area contributed by atoms with Crippen LogP contribution in [0.5, 0.6) is 5.75 Å². The standard InChI is InChI=1S/C13H17NO5S/c1-13(2,12(16)17)20(18)8-11(15)14-9-5-4-6-10(7-9)19-3/h4-7H,8H2,1-3H3,(H,14,15)(H,16,17). The summed E-state index contributed by atoms with van der Waals surface area (Å²) in [6, 6.07) is 6.70. The lowest BCUT2D eigenvalue weighted by atomic mass is 10.2. The van der Waals surface area contributed by atoms with E-state index in [-0.39, 0.29) is 5.75 Å². The predicted molar refractivity (Wildman–Crippen MR) is 76.3 cm³/mol. The number of aliphatic carboxylic acids is 1. The van der Waals surface area contributed by atoms with Crippen LogP contribution in [0.4, 0.5) is 5.69 Å². The van der Waals surface area contributed by atoms with E-state index in [1.807, 2.05) is 0 Å². The highest BCUT2D eigenvalue weighted by Gasteiger charge is 2.35. The zero-order chi connectivity index (χ0) is 15.3. The number of carboxylic acid groups (broad SMARTS) is 1. The average Bonchev–Trinajstić information content (AvgIpc) is 2.38. The normalized spacial score (nSPS) is 12.6. The van der Waals surface area contributed by atoms with Crippen LogP contribution < -0.4 is 10.1 Å². The predicted octanol–water partition coefficient (Wildman–Crippen LogP) is 1.25. The molecule has 1 rings (SSSR count). The monoisotopic (exact) mass is 299 g/mol. The average molecular weight is 299 g/mol. The van der Waals surface area contributed by atoms with Crippen LogP contribution in [-0.2, 0) is 20.4 Å². The molecule has 1 aromatic rings. The van der Waals surface area contributed by atoms with Crippen LogP contribution in [0.1, 0.15) is 13.8 Å². The Bertz CT molecular complexity index is 541. The lowest BCUT2D eigenvalue weighted by Crippen LogP contribution is -2.40. The lowest BCUT2D eigenvalue weighted by molar-refractivity contribution is -0.139. The first-order valence-electron chi connectivity index (χ1n) is 5.83. The number of carboxylic acids is 1. The molecule has 2 N–H and O–H groups in total. The Hall–Kier alpha value is -1.89. The van der Waals surface area contributed by atoms with Gasteiger partial charge in [-0.2, -0.15) is 0 Å². The van der Waals surface area contributed by atoms with E-state index >= 15 is 0 Å². The summed E-state index contributed by atoms with van der Waals surface area (Å²) in [4.78, 5) is 22.7. The van der Waals surface area contributed by atoms with Gasteiger partial charge in [-0.3, -0.25) is 13.8 Å². The van der Waals surface area contributed by atoms with Crippen molar-refractivity contribution in [1.29, 1.82) is 0 Å². The van der Waals surface area contributed by atoms with E-state index in [1.165, 1.54) is 21.0 Å². The molecular formula is C13H17NO5S. The number of hydrogen-bond donors (Lipinski definition) is 2. The maximum Gasteiger partial charge on any atom is 0.321 e. The maximum absolute atomic E-state index is 11.9. The fourth-order valence-corrected chi connectivity index (χ4v) is 2.16. The Morgan fingerprint density at radius 1 is 1.40 bits per heavy atom. The van der Waals surface area contributed by atoms with Gasteiger partial charge in [0.2, 0.25) is 5.91 Å². The molecular weight excluding hydrogens is 282 g/mol. The zero-order valence-electron chi connectivity index (χ0n) is 11.5. The second kappa shape index (κ2) is 6.51. The first-order valence-corrected chi connectivity index (χ1v) is 7.15. The minimum atomic E-state index is -1.81. The number of benzene rings is 1. The summed E-state index contributed by atoms with van der Waals surface area (Å²) in [5.74, 6) is -1.51. The second-order valence-corrected chi connectivity index (χ2v) is 6.59. The van der Waals surface area contributed by atoms with Crippen molar-refractivity contribution < 1.29 is 23.6 Å². The van der Waals surface area contributed by atoms with E-state index in [9.17, 15) is 13.8 Å². The van der Waals surface area contributed by atoms with Crippen LogP contribution in [0, 0.1) is 0 Å². The van der Waals surface area contributed by atoms with Crippen LogP contribution in [-0.4, -0.2) is 38.8 Å². The molecule has 0 aromatic heterocycles. The Morgan fingerprint density at radius 2 is 2.05 bits per heavy atom. The molecule has 0 aliphatic rings. The maximum atomic E-state index is 11.9. The van der Waals surface area contributed by atoms with Crippen molar-refractivity contribution >= 4 is 28.4 Å². The number of amides is 1. The third-order valence-corrected chi connectivity index (χ3v) is 4.54. The molecule has 0 bridgehead atoms. The molecule has 0 saturated carbocycles. The summed E-state index contributed by atoms with van der Waals surface area (Å²) in [6.07, 6.45) is 0. The van der Waals surface area contributed by atoms with E-state index in [2.05, 4.69) is 5.32 Å². The largest absolute Gasteiger partial charge is 0.497 e. The SMILES string of the molecule is COc1cccc(NC(=O)CS(=O)C(C)(C)C(=O)O)c1. The molecule has 7 heteroatoms. The Morgan fingerprint density at radius 3 is 2.60 bits per heavy atom. The summed E-state index contributed by atoms with van der Waals surface area (Å²) in [5.41, 5.74) is 0.500. The second-order valence-electron chi connectivity index (χ2n) is 4.59. The van der Waals surface area contributed by atoms with Gasteiger partial charge in [-0.25, -0.2) is 0 Å². The third kappa shape index (κ3) is 4.06. The smallest absolute Gasteiger partial charge is 0.321 e. The molecule has 110 valence electrons. The van der Waals surface area contributed by atoms with Gasteiger partial charge in [0.1, 0.15) is 16.2 Å². The first kappa shape index (κ1) is 16.2. The topological polar surface area (TPSA) is 92.7 Å². The van der Waals surface area contributed by atoms with E-state index in [0.717, 1.165) is 0 Å². The summed E-state index contributed by atoms with van der Waals surface area (Å²) in [7, 11) is -0.309. The molecule has 1 aromatic carbocycles. The van der Waals surface area contributed by atoms with Gasteiger partial charge in [-0.05, 0) is 26.0 Å². The zero-order valence-corrected chi connectivity index (χ0v) is 12.3. The Labute approximate surface area is 119 Å². The summed E-state index contributed by atoms with van der Waals surface area (Å²) < 4.78 is 15.4. The quantitative estimate of drug-likeness (QED) is 0.824. The third-order valence-electron chi connectivity index (χ3n) is 2.70. The van der Waals surface area contributed by atoms with Gasteiger partial charge in [0, 0.05) is 22.6 Å². The van der Waals surface area contributed by atoms with Gasteiger partial charge in [0.15, 0.2) is 0 Å². The number of rotatable bonds is 6. The van der Waals surface area contributed by atoms with Gasteiger partial charge in [-0.15, -0.1) is 0 Å². The molecule has 0 heterocycles. The number of carbonyl (C=O) groups is 2. The number of hydrogen-bond acceptors (Lipinski definition) is 4. The van der Waals surface area contributed by atoms with Crippen LogP contribution in [0.25, 0.3) is 0 Å². The van der Waals surface area contributed by atoms with Crippen LogP contribution in [0.2, 0.25) is 0 Å². The van der Waals surface area contributed by atoms with Gasteiger partial charge < -0.3 is 15.2 Å². The van der Waals surface area contributed by atoms with Crippen molar-refractivity contribution in [3.8, 4) is 5.75 Å². The van der Waals surface area contributed by atoms with Crippen molar-refractivity contribution in [1.82, 2.24) is 0 Å². The van der Waals surface area contributed by atoms with Gasteiger partial charge in [-0.1, -0.05) is 6.07 Å². The lowest BCUT2D eigenvalue weighted by Gasteiger charge is -2.18. The first-order chi connectivity index (χ1) is 9.27. The number of ether oxygens (including phenoxy) is 1. The number of methoxy groups -OCH3 is 1. The van der Waals surface area contributed by atoms with Crippen molar-refractivity contribution in [3.63, 3.8) is 0 Å². The fraction of sp³-hybridized carbons (Fsp3) is 0.385. The van der Waals surface area contributed by atoms with Gasteiger partial charge in [0.05, 0.1) is 7.11 Å². The van der Waals surface area contributed by atoms with E-state index < -0.39 is 27.4 Å². The molecule has 0 spiro atoms. The van der Waals surface area contributed by atoms with Gasteiger partial charge >= 0.3 is 5.97 Å². The Kier molecular flexibility index (Phi) is 5.26. The van der Waals surface area contributed by atoms with Crippen LogP contribution >= 0.6 is 0 Å². The number of carbonyl (C=O) groups excluding carboxylic acids is 1. The minimum absolute atomic E-state index is 0.378. The summed E-state index contributed by atoms with van der Waals surface area (Å²) >= 11 is 0. The highest BCUT2D eigenvalue weighted by atomic mass is 32.2. The molecule has 0 fully saturated rings. The highest BCUT2D eigenvalue weighted by molar-refractivity contribution is 7.88. The van der Waals surface area contributed by atoms with Crippen molar-refractivity contribution in [2.75, 3.05) is 18.2 Å². The molecule has 20 heavy (non-hydrogen) atoms. The summed E-state index contributed by atoms with van der Waals surface area (Å²) in [5, 5.41) is 11.5. The summed E-state index contributed by atoms with van der Waals surface area (Å²) in [6.45, 7) is 2.65. The molecule has 6 nitrogen and oxygen atoms in total. The van der Waals surface area contributed by atoms with E-state index in [0.29, 0.717) is 11.4 Å². The minimum Gasteiger partial charge on any atom is -0.497 e. The number of anilines is 1. The molecule has 1 unspecified atom stereocenters. The van der Waals surface area contributed by atoms with E-state index in [1.54, 1.807) is 24.3 Å². The van der Waals surface area contributed by atoms with Crippen LogP contribution in [0.3, 0.4) is 0 Å². The van der Waals surface area contributed by atoms with Crippen LogP contribution in [0.15, 0.2) is 24.3 Å². The number of nitrogens with one attached hydrogen (secondary N) is 1. The molecule has 1 atom stereocenters. The van der Waals surface area contributed by atoms with Gasteiger partial charge in [0.25, 0.3) is 0 Å². The molecule has 0 radical (unpaired) electrons. The van der Waals surface area contributed by atoms with Crippen molar-refractivity contribution in [3.05, 3.63) is 24.3 Å². The fourth-order valence-electron chi connectivity index (χ4n) is 1.29. The van der Waals surface area contributed by atoms with Crippen molar-refractivity contribution in [2.24, 2.45) is 0 Å². The van der Waals surface area contributed by atoms with E-state index in [4.69, 9.17) is 9.84 Å². The molecule has 1 amide bonds. The highest BCUT2D eigenvalue weighted by Crippen LogP contribution is 2.17. The van der Waals surface area contributed by atoms with Crippen molar-refractivity contribution in [2.45, 2.75) is 18.6 Å². The molecule has 0 aliphatic carbocycles. The molecule has 0 saturated heterocycles. The molecule has 0 aliphatic heterocycles. The Balaban J connectivity index is 2.68.